The van der Waals surface area contributed by atoms with Gasteiger partial charge in [0.05, 0.1) is 16.6 Å². The maximum Gasteiger partial charge on any atom is 0.240 e. The summed E-state index contributed by atoms with van der Waals surface area (Å²) in [4.78, 5) is 4.00. The average Bonchev–Trinajstić information content (AvgIpc) is 2.79. The van der Waals surface area contributed by atoms with E-state index in [9.17, 15) is 0 Å². The van der Waals surface area contributed by atoms with Gasteiger partial charge in [-0.15, -0.1) is 0 Å². The number of halogens is 2. The molecular weight excluding hydrogens is 265 g/mol. The molecule has 1 heterocycles. The van der Waals surface area contributed by atoms with E-state index in [-0.39, 0.29) is 13.2 Å². The van der Waals surface area contributed by atoms with Crippen LogP contribution in [0, 0.1) is 0 Å². The number of nitrogens with two attached hydrogens (primary N) is 1. The van der Waals surface area contributed by atoms with Crippen LogP contribution in [0.3, 0.4) is 0 Å². The summed E-state index contributed by atoms with van der Waals surface area (Å²) in [6.45, 7) is 0.390. The van der Waals surface area contributed by atoms with Crippen LogP contribution in [0.2, 0.25) is 10.0 Å². The van der Waals surface area contributed by atoms with Gasteiger partial charge in [-0.25, -0.2) is 0 Å². The summed E-state index contributed by atoms with van der Waals surface area (Å²) < 4.78 is 10.2. The molecule has 1 aromatic carbocycles. The van der Waals surface area contributed by atoms with Gasteiger partial charge < -0.3 is 15.0 Å². The maximum atomic E-state index is 5.84. The lowest BCUT2D eigenvalue weighted by Crippen LogP contribution is -1.99. The van der Waals surface area contributed by atoms with Crippen molar-refractivity contribution in [1.29, 1.82) is 0 Å². The van der Waals surface area contributed by atoms with E-state index in [2.05, 4.69) is 10.1 Å². The highest BCUT2D eigenvalue weighted by atomic mass is 35.5. The molecule has 2 aromatic rings. The maximum absolute atomic E-state index is 5.84. The SMILES string of the molecule is NCc1nc(COc2ccc(Cl)c(Cl)c2)no1. The second kappa shape index (κ2) is 5.35. The third-order valence-electron chi connectivity index (χ3n) is 1.94. The standard InChI is InChI=1S/C10H9Cl2N3O2/c11-7-2-1-6(3-8(7)12)16-5-9-14-10(4-13)17-15-9/h1-3H,4-5,13H2. The van der Waals surface area contributed by atoms with Crippen LogP contribution in [0.25, 0.3) is 0 Å². The van der Waals surface area contributed by atoms with Gasteiger partial charge >= 0.3 is 0 Å². The lowest BCUT2D eigenvalue weighted by Gasteiger charge is -2.04. The number of hydrogen-bond acceptors (Lipinski definition) is 5. The van der Waals surface area contributed by atoms with Crippen LogP contribution in [-0.2, 0) is 13.2 Å². The van der Waals surface area contributed by atoms with Crippen molar-refractivity contribution in [2.75, 3.05) is 0 Å². The molecule has 0 saturated heterocycles. The Balaban J connectivity index is 1.99. The molecule has 0 saturated carbocycles. The minimum Gasteiger partial charge on any atom is -0.485 e. The lowest BCUT2D eigenvalue weighted by atomic mass is 10.3. The summed E-state index contributed by atoms with van der Waals surface area (Å²) in [5.41, 5.74) is 5.34. The van der Waals surface area contributed by atoms with Crippen molar-refractivity contribution in [2.45, 2.75) is 13.2 Å². The van der Waals surface area contributed by atoms with Gasteiger partial charge in [-0.1, -0.05) is 28.4 Å². The Morgan fingerprint density at radius 2 is 2.12 bits per heavy atom. The highest BCUT2D eigenvalue weighted by Gasteiger charge is 2.06. The molecule has 0 aliphatic rings. The molecule has 0 aliphatic carbocycles. The van der Waals surface area contributed by atoms with Crippen molar-refractivity contribution in [2.24, 2.45) is 5.73 Å². The van der Waals surface area contributed by atoms with E-state index < -0.39 is 0 Å². The van der Waals surface area contributed by atoms with Crippen molar-refractivity contribution >= 4 is 23.2 Å². The molecule has 0 unspecified atom stereocenters. The Morgan fingerprint density at radius 1 is 1.29 bits per heavy atom. The molecule has 2 N–H and O–H groups in total. The Hall–Kier alpha value is -1.30. The fraction of sp³-hybridized carbons (Fsp3) is 0.200. The summed E-state index contributed by atoms with van der Waals surface area (Å²) in [6, 6.07) is 4.98. The van der Waals surface area contributed by atoms with Gasteiger partial charge in [0.2, 0.25) is 11.7 Å². The van der Waals surface area contributed by atoms with Gasteiger partial charge in [0.15, 0.2) is 6.61 Å². The topological polar surface area (TPSA) is 74.2 Å². The number of hydrogen-bond donors (Lipinski definition) is 1. The first-order valence-electron chi connectivity index (χ1n) is 4.78. The second-order valence-electron chi connectivity index (χ2n) is 3.17. The summed E-state index contributed by atoms with van der Waals surface area (Å²) in [5.74, 6) is 1.38. The molecule has 0 spiro atoms. The molecule has 0 atom stereocenters. The van der Waals surface area contributed by atoms with Gasteiger partial charge in [0, 0.05) is 6.07 Å². The van der Waals surface area contributed by atoms with Crippen molar-refractivity contribution in [3.05, 3.63) is 40.0 Å². The number of benzene rings is 1. The van der Waals surface area contributed by atoms with E-state index in [4.69, 9.17) is 38.2 Å². The van der Waals surface area contributed by atoms with Gasteiger partial charge in [0.1, 0.15) is 5.75 Å². The van der Waals surface area contributed by atoms with Crippen LogP contribution in [-0.4, -0.2) is 10.1 Å². The van der Waals surface area contributed by atoms with Crippen LogP contribution in [0.4, 0.5) is 0 Å². The van der Waals surface area contributed by atoms with E-state index in [1.165, 1.54) is 0 Å². The number of nitrogens with zero attached hydrogens (tertiary/aromatic N) is 2. The molecule has 1 aromatic heterocycles. The first kappa shape index (κ1) is 12.2. The van der Waals surface area contributed by atoms with Crippen molar-refractivity contribution in [3.8, 4) is 5.75 Å². The fourth-order valence-corrected chi connectivity index (χ4v) is 1.43. The summed E-state index contributed by atoms with van der Waals surface area (Å²) in [6.07, 6.45) is 0. The molecule has 17 heavy (non-hydrogen) atoms. The zero-order chi connectivity index (χ0) is 12.3. The molecule has 0 radical (unpaired) electrons. The van der Waals surface area contributed by atoms with Gasteiger partial charge in [-0.05, 0) is 12.1 Å². The molecule has 90 valence electrons. The average molecular weight is 274 g/mol. The van der Waals surface area contributed by atoms with E-state index >= 15 is 0 Å². The minimum atomic E-state index is 0.182. The third kappa shape index (κ3) is 3.09. The Bertz CT molecular complexity index is 516. The molecular formula is C10H9Cl2N3O2. The van der Waals surface area contributed by atoms with Crippen molar-refractivity contribution in [1.82, 2.24) is 10.1 Å². The molecule has 0 aliphatic heterocycles. The first-order chi connectivity index (χ1) is 8.19. The smallest absolute Gasteiger partial charge is 0.240 e. The Morgan fingerprint density at radius 3 is 2.76 bits per heavy atom. The first-order valence-corrected chi connectivity index (χ1v) is 5.54. The number of rotatable bonds is 4. The van der Waals surface area contributed by atoms with Crippen LogP contribution < -0.4 is 10.5 Å². The van der Waals surface area contributed by atoms with E-state index in [1.54, 1.807) is 18.2 Å². The number of ether oxygens (including phenoxy) is 1. The van der Waals surface area contributed by atoms with Crippen LogP contribution in [0.15, 0.2) is 22.7 Å². The molecule has 0 bridgehead atoms. The molecule has 2 rings (SSSR count). The molecule has 7 heteroatoms. The quantitative estimate of drug-likeness (QED) is 0.926. The van der Waals surface area contributed by atoms with Crippen LogP contribution >= 0.6 is 23.2 Å². The van der Waals surface area contributed by atoms with Crippen LogP contribution in [0.1, 0.15) is 11.7 Å². The van der Waals surface area contributed by atoms with Gasteiger partial charge in [-0.3, -0.25) is 0 Å². The van der Waals surface area contributed by atoms with E-state index in [0.29, 0.717) is 27.5 Å². The van der Waals surface area contributed by atoms with E-state index in [0.717, 1.165) is 0 Å². The van der Waals surface area contributed by atoms with Crippen molar-refractivity contribution < 1.29 is 9.26 Å². The third-order valence-corrected chi connectivity index (χ3v) is 2.68. The monoisotopic (exact) mass is 273 g/mol. The van der Waals surface area contributed by atoms with Crippen molar-refractivity contribution in [3.63, 3.8) is 0 Å². The van der Waals surface area contributed by atoms with Gasteiger partial charge in [0.25, 0.3) is 0 Å². The Kier molecular flexibility index (Phi) is 3.83. The zero-order valence-corrected chi connectivity index (χ0v) is 10.2. The lowest BCUT2D eigenvalue weighted by molar-refractivity contribution is 0.285. The highest BCUT2D eigenvalue weighted by Crippen LogP contribution is 2.26. The number of aromatic nitrogens is 2. The molecule has 5 nitrogen and oxygen atoms in total. The predicted molar refractivity (Wildman–Crippen MR) is 63.0 cm³/mol. The fourth-order valence-electron chi connectivity index (χ4n) is 1.15. The summed E-state index contributed by atoms with van der Waals surface area (Å²) >= 11 is 11.6. The molecule has 0 amide bonds. The van der Waals surface area contributed by atoms with Gasteiger partial charge in [-0.2, -0.15) is 4.98 Å². The molecule has 0 fully saturated rings. The minimum absolute atomic E-state index is 0.182. The normalized spacial score (nSPS) is 10.5. The predicted octanol–water partition coefficient (Wildman–Crippen LogP) is 2.41. The zero-order valence-electron chi connectivity index (χ0n) is 8.69. The second-order valence-corrected chi connectivity index (χ2v) is 3.99. The largest absolute Gasteiger partial charge is 0.485 e. The Labute approximate surface area is 107 Å². The van der Waals surface area contributed by atoms with E-state index in [1.807, 2.05) is 0 Å². The van der Waals surface area contributed by atoms with Crippen LogP contribution in [0.5, 0.6) is 5.75 Å². The summed E-state index contributed by atoms with van der Waals surface area (Å²) in [5, 5.41) is 4.60. The highest BCUT2D eigenvalue weighted by molar-refractivity contribution is 6.42. The summed E-state index contributed by atoms with van der Waals surface area (Å²) in [7, 11) is 0.